The average Bonchev–Trinajstić information content (AvgIpc) is 2.91. The van der Waals surface area contributed by atoms with Gasteiger partial charge in [-0.2, -0.15) is 0 Å². The van der Waals surface area contributed by atoms with Crippen LogP contribution in [0.4, 0.5) is 0 Å². The number of likely N-dealkylation sites (tertiary alicyclic amines) is 1. The number of rotatable bonds is 2. The maximum Gasteiger partial charge on any atom is 0.165 e. The first kappa shape index (κ1) is 14.8. The van der Waals surface area contributed by atoms with Crippen LogP contribution in [0, 0.1) is 0 Å². The predicted octanol–water partition coefficient (Wildman–Crippen LogP) is 1.09. The molecule has 1 saturated heterocycles. The molecule has 2 heterocycles. The Balaban J connectivity index is 1.78. The second-order valence-corrected chi connectivity index (χ2v) is 7.74. The fourth-order valence-corrected chi connectivity index (χ4v) is 5.99. The van der Waals surface area contributed by atoms with Gasteiger partial charge in [0.25, 0.3) is 0 Å². The number of phenols is 1. The molecular weight excluding hydrogens is 306 g/mol. The quantitative estimate of drug-likeness (QED) is 0.709. The Labute approximate surface area is 141 Å². The van der Waals surface area contributed by atoms with Gasteiger partial charge in [-0.25, -0.2) is 0 Å². The fourth-order valence-electron chi connectivity index (χ4n) is 5.99. The molecule has 128 valence electrons. The summed E-state index contributed by atoms with van der Waals surface area (Å²) in [6.07, 6.45) is 3.33. The van der Waals surface area contributed by atoms with E-state index in [1.807, 2.05) is 12.1 Å². The van der Waals surface area contributed by atoms with Gasteiger partial charge in [-0.3, -0.25) is 4.90 Å². The molecule has 2 aliphatic carbocycles. The smallest absolute Gasteiger partial charge is 0.165 e. The van der Waals surface area contributed by atoms with Gasteiger partial charge < -0.3 is 20.1 Å². The average molecular weight is 329 g/mol. The number of piperidine rings is 1. The molecule has 2 aliphatic heterocycles. The minimum atomic E-state index is -0.940. The summed E-state index contributed by atoms with van der Waals surface area (Å²) in [5.74, 6) is 0.589. The summed E-state index contributed by atoms with van der Waals surface area (Å²) in [6, 6.07) is 3.62. The largest absolute Gasteiger partial charge is 0.504 e. The molecule has 0 radical (unpaired) electrons. The van der Waals surface area contributed by atoms with E-state index in [9.17, 15) is 15.3 Å². The van der Waals surface area contributed by atoms with E-state index in [1.165, 1.54) is 0 Å². The van der Waals surface area contributed by atoms with Crippen LogP contribution in [0.3, 0.4) is 0 Å². The van der Waals surface area contributed by atoms with Crippen molar-refractivity contribution in [3.63, 3.8) is 0 Å². The molecule has 24 heavy (non-hydrogen) atoms. The molecule has 1 saturated carbocycles. The van der Waals surface area contributed by atoms with Crippen molar-refractivity contribution in [2.75, 3.05) is 13.1 Å². The van der Waals surface area contributed by atoms with E-state index in [1.54, 1.807) is 6.07 Å². The molecule has 5 nitrogen and oxygen atoms in total. The van der Waals surface area contributed by atoms with Gasteiger partial charge >= 0.3 is 0 Å². The monoisotopic (exact) mass is 329 g/mol. The number of hydrogen-bond acceptors (Lipinski definition) is 5. The SMILES string of the molecule is C=CCN1CC[C@]23c4c5ccc(O)c4OC2[C@@H](O)CC[C@@]3(O)[C@H]1C5. The number of nitrogens with zero attached hydrogens (tertiary/aromatic N) is 1. The number of hydrogen-bond donors (Lipinski definition) is 3. The van der Waals surface area contributed by atoms with Crippen LogP contribution in [0.2, 0.25) is 0 Å². The highest BCUT2D eigenvalue weighted by Crippen LogP contribution is 2.65. The summed E-state index contributed by atoms with van der Waals surface area (Å²) in [6.45, 7) is 5.44. The Morgan fingerprint density at radius 3 is 3.00 bits per heavy atom. The lowest BCUT2D eigenvalue weighted by atomic mass is 9.48. The highest BCUT2D eigenvalue weighted by molar-refractivity contribution is 5.62. The van der Waals surface area contributed by atoms with Gasteiger partial charge in [0, 0.05) is 18.2 Å². The third kappa shape index (κ3) is 1.43. The van der Waals surface area contributed by atoms with E-state index in [2.05, 4.69) is 11.5 Å². The molecule has 5 atom stereocenters. The summed E-state index contributed by atoms with van der Waals surface area (Å²) in [5, 5.41) is 32.8. The Hall–Kier alpha value is -1.56. The second-order valence-electron chi connectivity index (χ2n) is 7.74. The van der Waals surface area contributed by atoms with Gasteiger partial charge in [-0.05, 0) is 43.9 Å². The first-order chi connectivity index (χ1) is 11.5. The lowest BCUT2D eigenvalue weighted by Crippen LogP contribution is -2.77. The Bertz CT molecular complexity index is 734. The van der Waals surface area contributed by atoms with Crippen molar-refractivity contribution < 1.29 is 20.1 Å². The molecule has 1 aromatic carbocycles. The summed E-state index contributed by atoms with van der Waals surface area (Å²) >= 11 is 0. The number of aliphatic hydroxyl groups excluding tert-OH is 1. The van der Waals surface area contributed by atoms with Gasteiger partial charge in [-0.1, -0.05) is 12.1 Å². The Morgan fingerprint density at radius 1 is 1.38 bits per heavy atom. The normalized spacial score (nSPS) is 42.3. The lowest BCUT2D eigenvalue weighted by Gasteiger charge is -2.63. The molecule has 5 heteroatoms. The van der Waals surface area contributed by atoms with E-state index < -0.39 is 23.2 Å². The van der Waals surface area contributed by atoms with Crippen LogP contribution >= 0.6 is 0 Å². The van der Waals surface area contributed by atoms with Crippen molar-refractivity contribution >= 4 is 0 Å². The number of phenolic OH excluding ortho intramolecular Hbond substituents is 1. The Kier molecular flexibility index (Phi) is 2.79. The molecule has 1 aromatic rings. The third-order valence-corrected chi connectivity index (χ3v) is 6.91. The van der Waals surface area contributed by atoms with E-state index in [-0.39, 0.29) is 11.8 Å². The molecular formula is C19H23NO4. The first-order valence-electron chi connectivity index (χ1n) is 8.80. The first-order valence-corrected chi connectivity index (χ1v) is 8.80. The van der Waals surface area contributed by atoms with Gasteiger partial charge in [0.1, 0.15) is 6.10 Å². The zero-order chi connectivity index (χ0) is 16.7. The topological polar surface area (TPSA) is 73.2 Å². The van der Waals surface area contributed by atoms with Crippen molar-refractivity contribution in [3.8, 4) is 11.5 Å². The fraction of sp³-hybridized carbons (Fsp3) is 0.579. The maximum atomic E-state index is 11.9. The van der Waals surface area contributed by atoms with Crippen molar-refractivity contribution in [3.05, 3.63) is 35.9 Å². The van der Waals surface area contributed by atoms with E-state index in [0.29, 0.717) is 18.6 Å². The zero-order valence-corrected chi connectivity index (χ0v) is 13.6. The van der Waals surface area contributed by atoms with Crippen molar-refractivity contribution in [2.45, 2.75) is 54.9 Å². The van der Waals surface area contributed by atoms with Gasteiger partial charge in [0.15, 0.2) is 11.5 Å². The summed E-state index contributed by atoms with van der Waals surface area (Å²) < 4.78 is 6.08. The second kappa shape index (κ2) is 4.54. The standard InChI is InChI=1S/C19H23NO4/c1-2-8-20-9-7-18-15-11-3-4-12(21)16(15)24-17(18)13(22)5-6-19(18,23)14(20)10-11/h2-4,13-14,17,21-23H,1,5-10H2/t13-,14+,17?,18-,19+/m0/s1. The number of ether oxygens (including phenoxy) is 1. The summed E-state index contributed by atoms with van der Waals surface area (Å²) in [4.78, 5) is 2.31. The third-order valence-electron chi connectivity index (χ3n) is 6.91. The van der Waals surface area contributed by atoms with Crippen LogP contribution in [0.15, 0.2) is 24.8 Å². The summed E-state index contributed by atoms with van der Waals surface area (Å²) in [7, 11) is 0. The van der Waals surface area contributed by atoms with Crippen molar-refractivity contribution in [1.29, 1.82) is 0 Å². The summed E-state index contributed by atoms with van der Waals surface area (Å²) in [5.41, 5.74) is 0.518. The highest BCUT2D eigenvalue weighted by atomic mass is 16.5. The molecule has 0 aromatic heterocycles. The minimum absolute atomic E-state index is 0.00848. The Morgan fingerprint density at radius 2 is 2.21 bits per heavy atom. The van der Waals surface area contributed by atoms with Crippen molar-refractivity contribution in [2.24, 2.45) is 0 Å². The molecule has 4 aliphatic rings. The van der Waals surface area contributed by atoms with Crippen LogP contribution < -0.4 is 4.74 Å². The lowest BCUT2D eigenvalue weighted by molar-refractivity contribution is -0.206. The van der Waals surface area contributed by atoms with E-state index in [4.69, 9.17) is 4.74 Å². The minimum Gasteiger partial charge on any atom is -0.504 e. The number of benzene rings is 1. The van der Waals surface area contributed by atoms with Crippen LogP contribution in [0.25, 0.3) is 0 Å². The molecule has 2 fully saturated rings. The molecule has 5 rings (SSSR count). The molecule has 2 bridgehead atoms. The molecule has 1 spiro atoms. The van der Waals surface area contributed by atoms with Crippen molar-refractivity contribution in [1.82, 2.24) is 4.90 Å². The maximum absolute atomic E-state index is 11.9. The number of aliphatic hydroxyl groups is 2. The van der Waals surface area contributed by atoms with Crippen LogP contribution in [0.1, 0.15) is 30.4 Å². The van der Waals surface area contributed by atoms with Gasteiger partial charge in [0.05, 0.1) is 17.1 Å². The van der Waals surface area contributed by atoms with E-state index in [0.717, 1.165) is 37.1 Å². The highest BCUT2D eigenvalue weighted by Gasteiger charge is 2.72. The zero-order valence-electron chi connectivity index (χ0n) is 13.6. The number of aromatic hydroxyl groups is 1. The van der Waals surface area contributed by atoms with Crippen LogP contribution in [-0.2, 0) is 11.8 Å². The predicted molar refractivity (Wildman–Crippen MR) is 88.3 cm³/mol. The molecule has 0 amide bonds. The molecule has 3 N–H and O–H groups in total. The van der Waals surface area contributed by atoms with Crippen LogP contribution in [-0.4, -0.2) is 57.2 Å². The van der Waals surface area contributed by atoms with E-state index >= 15 is 0 Å². The van der Waals surface area contributed by atoms with Crippen LogP contribution in [0.5, 0.6) is 11.5 Å². The molecule has 1 unspecified atom stereocenters. The van der Waals surface area contributed by atoms with Gasteiger partial charge in [0.2, 0.25) is 0 Å². The van der Waals surface area contributed by atoms with Gasteiger partial charge in [-0.15, -0.1) is 6.58 Å².